The molecule has 5 nitrogen and oxygen atoms in total. The summed E-state index contributed by atoms with van der Waals surface area (Å²) >= 11 is 1.55. The minimum Gasteiger partial charge on any atom is -0.269 e. The van der Waals surface area contributed by atoms with Crippen LogP contribution in [0.5, 0.6) is 0 Å². The maximum atomic E-state index is 12.4. The fourth-order valence-corrected chi connectivity index (χ4v) is 3.55. The van der Waals surface area contributed by atoms with Crippen molar-refractivity contribution in [2.75, 3.05) is 7.05 Å². The highest BCUT2D eigenvalue weighted by Crippen LogP contribution is 2.19. The van der Waals surface area contributed by atoms with Crippen molar-refractivity contribution in [3.8, 4) is 0 Å². The van der Waals surface area contributed by atoms with Gasteiger partial charge in [0.05, 0.1) is 6.20 Å². The monoisotopic (exact) mass is 299 g/mol. The van der Waals surface area contributed by atoms with Gasteiger partial charge in [-0.15, -0.1) is 11.3 Å². The van der Waals surface area contributed by atoms with Crippen LogP contribution >= 0.6 is 11.3 Å². The molecule has 2 aromatic heterocycles. The standard InChI is InChI=1S/C12H17N3O2S2/c1-10(2)15-9-12(7-13-15)19(16,17)14(3)8-11-5-4-6-18-11/h4-7,9-10H,8H2,1-3H3. The summed E-state index contributed by atoms with van der Waals surface area (Å²) in [6.07, 6.45) is 2.98. The van der Waals surface area contributed by atoms with E-state index < -0.39 is 10.0 Å². The predicted molar refractivity (Wildman–Crippen MR) is 75.6 cm³/mol. The molecule has 0 atom stereocenters. The number of aromatic nitrogens is 2. The maximum absolute atomic E-state index is 12.4. The second-order valence-corrected chi connectivity index (χ2v) is 7.67. The third-order valence-corrected chi connectivity index (χ3v) is 5.39. The molecule has 0 aliphatic heterocycles. The van der Waals surface area contributed by atoms with E-state index in [1.807, 2.05) is 31.4 Å². The molecule has 0 aromatic carbocycles. The third-order valence-electron chi connectivity index (χ3n) is 2.77. The lowest BCUT2D eigenvalue weighted by atomic mass is 10.4. The van der Waals surface area contributed by atoms with Crippen molar-refractivity contribution in [3.63, 3.8) is 0 Å². The Balaban J connectivity index is 2.21. The molecule has 0 aliphatic carbocycles. The minimum absolute atomic E-state index is 0.145. The van der Waals surface area contributed by atoms with Crippen molar-refractivity contribution in [2.45, 2.75) is 31.3 Å². The van der Waals surface area contributed by atoms with Crippen molar-refractivity contribution in [1.29, 1.82) is 0 Å². The Morgan fingerprint density at radius 3 is 2.74 bits per heavy atom. The largest absolute Gasteiger partial charge is 0.269 e. The normalized spacial score (nSPS) is 12.5. The first-order valence-electron chi connectivity index (χ1n) is 5.94. The quantitative estimate of drug-likeness (QED) is 0.851. The highest BCUT2D eigenvalue weighted by molar-refractivity contribution is 7.89. The molecule has 2 aromatic rings. The molecular weight excluding hydrogens is 282 g/mol. The SMILES string of the molecule is CC(C)n1cc(S(=O)(=O)N(C)Cc2cccs2)cn1. The zero-order valence-corrected chi connectivity index (χ0v) is 12.8. The number of hydrogen-bond donors (Lipinski definition) is 0. The lowest BCUT2D eigenvalue weighted by Crippen LogP contribution is -2.25. The van der Waals surface area contributed by atoms with Crippen LogP contribution in [0.25, 0.3) is 0 Å². The molecule has 0 fully saturated rings. The Morgan fingerprint density at radius 2 is 2.21 bits per heavy atom. The molecule has 2 rings (SSSR count). The fourth-order valence-electron chi connectivity index (χ4n) is 1.62. The van der Waals surface area contributed by atoms with E-state index >= 15 is 0 Å². The number of hydrogen-bond acceptors (Lipinski definition) is 4. The van der Waals surface area contributed by atoms with Gasteiger partial charge in [0.15, 0.2) is 0 Å². The van der Waals surface area contributed by atoms with Gasteiger partial charge in [-0.25, -0.2) is 8.42 Å². The van der Waals surface area contributed by atoms with E-state index in [0.717, 1.165) is 4.88 Å². The van der Waals surface area contributed by atoms with E-state index in [0.29, 0.717) is 6.54 Å². The average molecular weight is 299 g/mol. The van der Waals surface area contributed by atoms with Crippen molar-refractivity contribution in [2.24, 2.45) is 0 Å². The van der Waals surface area contributed by atoms with Gasteiger partial charge in [-0.2, -0.15) is 9.40 Å². The minimum atomic E-state index is -3.47. The Bertz CT molecular complexity index is 630. The summed E-state index contributed by atoms with van der Waals surface area (Å²) < 4.78 is 27.7. The molecule has 19 heavy (non-hydrogen) atoms. The summed E-state index contributed by atoms with van der Waals surface area (Å²) in [5, 5.41) is 6.01. The third kappa shape index (κ3) is 3.05. The van der Waals surface area contributed by atoms with E-state index in [-0.39, 0.29) is 10.9 Å². The van der Waals surface area contributed by atoms with Gasteiger partial charge in [0.25, 0.3) is 0 Å². The molecule has 0 aliphatic rings. The molecule has 0 bridgehead atoms. The zero-order chi connectivity index (χ0) is 14.0. The first-order chi connectivity index (χ1) is 8.91. The molecule has 0 saturated heterocycles. The number of thiophene rings is 1. The lowest BCUT2D eigenvalue weighted by Gasteiger charge is -2.14. The Morgan fingerprint density at radius 1 is 1.47 bits per heavy atom. The maximum Gasteiger partial charge on any atom is 0.246 e. The topological polar surface area (TPSA) is 55.2 Å². The first-order valence-corrected chi connectivity index (χ1v) is 8.26. The van der Waals surface area contributed by atoms with Crippen molar-refractivity contribution < 1.29 is 8.42 Å². The highest BCUT2D eigenvalue weighted by Gasteiger charge is 2.23. The fraction of sp³-hybridized carbons (Fsp3) is 0.417. The Hall–Kier alpha value is -1.18. The number of sulfonamides is 1. The van der Waals surface area contributed by atoms with Gasteiger partial charge < -0.3 is 0 Å². The number of rotatable bonds is 5. The molecule has 2 heterocycles. The summed E-state index contributed by atoms with van der Waals surface area (Å²) in [7, 11) is -1.89. The van der Waals surface area contributed by atoms with Gasteiger partial charge >= 0.3 is 0 Å². The van der Waals surface area contributed by atoms with Crippen LogP contribution in [0.15, 0.2) is 34.8 Å². The molecule has 0 radical (unpaired) electrons. The number of nitrogens with zero attached hydrogens (tertiary/aromatic N) is 3. The van der Waals surface area contributed by atoms with Crippen LogP contribution in [0.1, 0.15) is 24.8 Å². The second-order valence-electron chi connectivity index (χ2n) is 4.59. The van der Waals surface area contributed by atoms with Crippen LogP contribution in [0.2, 0.25) is 0 Å². The van der Waals surface area contributed by atoms with Crippen molar-refractivity contribution >= 4 is 21.4 Å². The zero-order valence-electron chi connectivity index (χ0n) is 11.1. The van der Waals surface area contributed by atoms with Gasteiger partial charge in [0.1, 0.15) is 4.90 Å². The highest BCUT2D eigenvalue weighted by atomic mass is 32.2. The van der Waals surface area contributed by atoms with Crippen molar-refractivity contribution in [1.82, 2.24) is 14.1 Å². The van der Waals surface area contributed by atoms with Gasteiger partial charge in [-0.3, -0.25) is 4.68 Å². The van der Waals surface area contributed by atoms with Gasteiger partial charge in [-0.1, -0.05) is 6.07 Å². The molecule has 0 saturated carbocycles. The van der Waals surface area contributed by atoms with Crippen LogP contribution in [0.4, 0.5) is 0 Å². The van der Waals surface area contributed by atoms with Crippen LogP contribution in [0.3, 0.4) is 0 Å². The molecule has 0 spiro atoms. The van der Waals surface area contributed by atoms with Gasteiger partial charge in [0.2, 0.25) is 10.0 Å². The Kier molecular flexibility index (Phi) is 4.07. The first kappa shape index (κ1) is 14.2. The van der Waals surface area contributed by atoms with Crippen LogP contribution < -0.4 is 0 Å². The molecular formula is C12H17N3O2S2. The smallest absolute Gasteiger partial charge is 0.246 e. The van der Waals surface area contributed by atoms with Crippen LogP contribution in [0, 0.1) is 0 Å². The summed E-state index contributed by atoms with van der Waals surface area (Å²) in [5.41, 5.74) is 0. The summed E-state index contributed by atoms with van der Waals surface area (Å²) in [4.78, 5) is 1.25. The summed E-state index contributed by atoms with van der Waals surface area (Å²) in [6.45, 7) is 4.30. The van der Waals surface area contributed by atoms with Crippen LogP contribution in [-0.4, -0.2) is 29.6 Å². The van der Waals surface area contributed by atoms with E-state index in [1.165, 1.54) is 10.5 Å². The van der Waals surface area contributed by atoms with E-state index in [1.54, 1.807) is 29.3 Å². The second kappa shape index (κ2) is 5.44. The Labute approximate surface area is 117 Å². The molecule has 0 amide bonds. The summed E-state index contributed by atoms with van der Waals surface area (Å²) in [6, 6.07) is 3.98. The average Bonchev–Trinajstić information content (AvgIpc) is 2.99. The van der Waals surface area contributed by atoms with Gasteiger partial charge in [-0.05, 0) is 25.3 Å². The molecule has 0 unspecified atom stereocenters. The van der Waals surface area contributed by atoms with E-state index in [4.69, 9.17) is 0 Å². The van der Waals surface area contributed by atoms with E-state index in [9.17, 15) is 8.42 Å². The predicted octanol–water partition coefficient (Wildman–Crippen LogP) is 2.35. The lowest BCUT2D eigenvalue weighted by molar-refractivity contribution is 0.469. The van der Waals surface area contributed by atoms with Crippen LogP contribution in [-0.2, 0) is 16.6 Å². The van der Waals surface area contributed by atoms with Crippen molar-refractivity contribution in [3.05, 3.63) is 34.8 Å². The van der Waals surface area contributed by atoms with E-state index in [2.05, 4.69) is 5.10 Å². The molecule has 0 N–H and O–H groups in total. The van der Waals surface area contributed by atoms with Gasteiger partial charge in [0, 0.05) is 30.7 Å². The molecule has 7 heteroatoms. The molecule has 104 valence electrons. The summed E-state index contributed by atoms with van der Waals surface area (Å²) in [5.74, 6) is 0.